The van der Waals surface area contributed by atoms with Crippen molar-refractivity contribution in [2.75, 3.05) is 26.2 Å². The molecular weight excluding hydrogens is 260 g/mol. The van der Waals surface area contributed by atoms with Gasteiger partial charge in [0.05, 0.1) is 12.1 Å². The van der Waals surface area contributed by atoms with E-state index in [9.17, 15) is 5.11 Å². The fourth-order valence-electron chi connectivity index (χ4n) is 3.42. The Morgan fingerprint density at radius 3 is 2.43 bits per heavy atom. The number of benzene rings is 1. The van der Waals surface area contributed by atoms with Crippen LogP contribution in [0.1, 0.15) is 44.1 Å². The summed E-state index contributed by atoms with van der Waals surface area (Å²) in [5.41, 5.74) is 0.969. The van der Waals surface area contributed by atoms with Crippen molar-refractivity contribution in [3.8, 4) is 0 Å². The Bertz CT molecular complexity index is 426. The van der Waals surface area contributed by atoms with E-state index < -0.39 is 0 Å². The summed E-state index contributed by atoms with van der Waals surface area (Å²) in [7, 11) is 0. The normalized spacial score (nSPS) is 22.9. The summed E-state index contributed by atoms with van der Waals surface area (Å²) < 4.78 is 0. The van der Waals surface area contributed by atoms with Gasteiger partial charge in [-0.3, -0.25) is 0 Å². The third-order valence-electron chi connectivity index (χ3n) is 4.96. The van der Waals surface area contributed by atoms with Crippen LogP contribution in [0, 0.1) is 0 Å². The number of aliphatic hydroxyl groups excluding tert-OH is 1. The van der Waals surface area contributed by atoms with Crippen molar-refractivity contribution in [1.82, 2.24) is 10.2 Å². The van der Waals surface area contributed by atoms with Gasteiger partial charge in [0.1, 0.15) is 0 Å². The first-order chi connectivity index (χ1) is 10.3. The lowest BCUT2D eigenvalue weighted by Gasteiger charge is -2.37. The SMILES string of the molecule is OCC(CCN1CCCCC1)(NC1CC1)c1ccccc1. The summed E-state index contributed by atoms with van der Waals surface area (Å²) in [6, 6.07) is 11.1. The first-order valence-corrected chi connectivity index (χ1v) is 8.49. The lowest BCUT2D eigenvalue weighted by Crippen LogP contribution is -2.49. The van der Waals surface area contributed by atoms with Crippen LogP contribution in [0.5, 0.6) is 0 Å². The largest absolute Gasteiger partial charge is 0.394 e. The molecule has 1 saturated carbocycles. The van der Waals surface area contributed by atoms with Crippen LogP contribution in [0.3, 0.4) is 0 Å². The molecule has 1 atom stereocenters. The molecule has 0 aromatic heterocycles. The van der Waals surface area contributed by atoms with Gasteiger partial charge in [-0.25, -0.2) is 0 Å². The predicted molar refractivity (Wildman–Crippen MR) is 86.3 cm³/mol. The molecular formula is C18H28N2O. The first-order valence-electron chi connectivity index (χ1n) is 8.49. The number of nitrogens with one attached hydrogen (secondary N) is 1. The zero-order chi connectivity index (χ0) is 14.5. The Kier molecular flexibility index (Phi) is 4.94. The molecule has 0 spiro atoms. The molecule has 3 heteroatoms. The Balaban J connectivity index is 1.71. The van der Waals surface area contributed by atoms with Gasteiger partial charge >= 0.3 is 0 Å². The van der Waals surface area contributed by atoms with Crippen molar-refractivity contribution in [2.24, 2.45) is 0 Å². The van der Waals surface area contributed by atoms with Gasteiger partial charge in [0, 0.05) is 12.6 Å². The number of hydrogen-bond donors (Lipinski definition) is 2. The molecule has 1 aromatic rings. The topological polar surface area (TPSA) is 35.5 Å². The second-order valence-electron chi connectivity index (χ2n) is 6.68. The molecule has 1 unspecified atom stereocenters. The van der Waals surface area contributed by atoms with Gasteiger partial charge in [-0.15, -0.1) is 0 Å². The smallest absolute Gasteiger partial charge is 0.0683 e. The number of likely N-dealkylation sites (tertiary alicyclic amines) is 1. The van der Waals surface area contributed by atoms with Gasteiger partial charge in [-0.2, -0.15) is 0 Å². The van der Waals surface area contributed by atoms with Gasteiger partial charge < -0.3 is 15.3 Å². The van der Waals surface area contributed by atoms with Crippen LogP contribution in [0.2, 0.25) is 0 Å². The molecule has 2 N–H and O–H groups in total. The average molecular weight is 288 g/mol. The van der Waals surface area contributed by atoms with E-state index in [4.69, 9.17) is 0 Å². The van der Waals surface area contributed by atoms with E-state index in [0.717, 1.165) is 13.0 Å². The molecule has 1 heterocycles. The van der Waals surface area contributed by atoms with E-state index in [1.807, 2.05) is 6.07 Å². The minimum atomic E-state index is -0.264. The number of rotatable bonds is 7. The second kappa shape index (κ2) is 6.91. The fraction of sp³-hybridized carbons (Fsp3) is 0.667. The number of piperidine rings is 1. The van der Waals surface area contributed by atoms with E-state index in [0.29, 0.717) is 6.04 Å². The Hall–Kier alpha value is -0.900. The predicted octanol–water partition coefficient (Wildman–Crippen LogP) is 2.50. The third kappa shape index (κ3) is 3.85. The second-order valence-corrected chi connectivity index (χ2v) is 6.68. The third-order valence-corrected chi connectivity index (χ3v) is 4.96. The fourth-order valence-corrected chi connectivity index (χ4v) is 3.42. The van der Waals surface area contributed by atoms with E-state index in [2.05, 4.69) is 34.5 Å². The highest BCUT2D eigenvalue weighted by molar-refractivity contribution is 5.25. The van der Waals surface area contributed by atoms with Gasteiger partial charge in [-0.05, 0) is 50.8 Å². The summed E-state index contributed by atoms with van der Waals surface area (Å²) in [5, 5.41) is 13.9. The van der Waals surface area contributed by atoms with Gasteiger partial charge in [0.25, 0.3) is 0 Å². The van der Waals surface area contributed by atoms with Crippen LogP contribution in [-0.2, 0) is 5.54 Å². The molecule has 116 valence electrons. The minimum Gasteiger partial charge on any atom is -0.394 e. The molecule has 0 radical (unpaired) electrons. The van der Waals surface area contributed by atoms with E-state index in [1.54, 1.807) is 0 Å². The standard InChI is InChI=1S/C18H28N2O/c21-15-18(19-17-9-10-17,16-7-3-1-4-8-16)11-14-20-12-5-2-6-13-20/h1,3-4,7-8,17,19,21H,2,5-6,9-15H2. The number of nitrogens with zero attached hydrogens (tertiary/aromatic N) is 1. The summed E-state index contributed by atoms with van der Waals surface area (Å²) in [6.07, 6.45) is 7.52. The van der Waals surface area contributed by atoms with Gasteiger partial charge in [-0.1, -0.05) is 36.8 Å². The monoisotopic (exact) mass is 288 g/mol. The number of aliphatic hydroxyl groups is 1. The quantitative estimate of drug-likeness (QED) is 0.809. The maximum atomic E-state index is 10.2. The Morgan fingerprint density at radius 2 is 1.81 bits per heavy atom. The van der Waals surface area contributed by atoms with Crippen LogP contribution in [0.25, 0.3) is 0 Å². The molecule has 0 amide bonds. The van der Waals surface area contributed by atoms with Crippen molar-refractivity contribution >= 4 is 0 Å². The average Bonchev–Trinajstić information content (AvgIpc) is 3.37. The van der Waals surface area contributed by atoms with Crippen molar-refractivity contribution in [3.05, 3.63) is 35.9 Å². The highest BCUT2D eigenvalue weighted by atomic mass is 16.3. The van der Waals surface area contributed by atoms with Crippen molar-refractivity contribution in [2.45, 2.75) is 50.1 Å². The van der Waals surface area contributed by atoms with E-state index in [-0.39, 0.29) is 12.1 Å². The lowest BCUT2D eigenvalue weighted by molar-refractivity contribution is 0.123. The van der Waals surface area contributed by atoms with Crippen LogP contribution < -0.4 is 5.32 Å². The molecule has 1 saturated heterocycles. The summed E-state index contributed by atoms with van der Waals surface area (Å²) >= 11 is 0. The van der Waals surface area contributed by atoms with Crippen molar-refractivity contribution in [1.29, 1.82) is 0 Å². The molecule has 21 heavy (non-hydrogen) atoms. The minimum absolute atomic E-state index is 0.182. The zero-order valence-electron chi connectivity index (χ0n) is 12.9. The molecule has 3 nitrogen and oxygen atoms in total. The molecule has 2 fully saturated rings. The number of hydrogen-bond acceptors (Lipinski definition) is 3. The summed E-state index contributed by atoms with van der Waals surface area (Å²) in [5.74, 6) is 0. The zero-order valence-corrected chi connectivity index (χ0v) is 12.9. The highest BCUT2D eigenvalue weighted by Gasteiger charge is 2.37. The molecule has 2 aliphatic rings. The maximum Gasteiger partial charge on any atom is 0.0683 e. The highest BCUT2D eigenvalue weighted by Crippen LogP contribution is 2.31. The molecule has 1 aromatic carbocycles. The van der Waals surface area contributed by atoms with Crippen LogP contribution >= 0.6 is 0 Å². The van der Waals surface area contributed by atoms with Crippen LogP contribution in [0.15, 0.2) is 30.3 Å². The maximum absolute atomic E-state index is 10.2. The van der Waals surface area contributed by atoms with Gasteiger partial charge in [0.2, 0.25) is 0 Å². The molecule has 1 aliphatic heterocycles. The molecule has 0 bridgehead atoms. The first kappa shape index (κ1) is 15.0. The van der Waals surface area contributed by atoms with Crippen molar-refractivity contribution in [3.63, 3.8) is 0 Å². The van der Waals surface area contributed by atoms with Crippen molar-refractivity contribution < 1.29 is 5.11 Å². The van der Waals surface area contributed by atoms with Crippen LogP contribution in [-0.4, -0.2) is 42.3 Å². The summed E-state index contributed by atoms with van der Waals surface area (Å²) in [4.78, 5) is 2.56. The van der Waals surface area contributed by atoms with Crippen LogP contribution in [0.4, 0.5) is 0 Å². The van der Waals surface area contributed by atoms with Gasteiger partial charge in [0.15, 0.2) is 0 Å². The Morgan fingerprint density at radius 1 is 1.10 bits per heavy atom. The van der Waals surface area contributed by atoms with E-state index in [1.165, 1.54) is 50.8 Å². The molecule has 3 rings (SSSR count). The lowest BCUT2D eigenvalue weighted by atomic mass is 9.86. The van der Waals surface area contributed by atoms with E-state index >= 15 is 0 Å². The Labute approximate surface area is 128 Å². The summed E-state index contributed by atoms with van der Waals surface area (Å²) in [6.45, 7) is 3.70. The molecule has 1 aliphatic carbocycles.